The maximum atomic E-state index is 11.6. The maximum Gasteiger partial charge on any atom is 0.267 e. The van der Waals surface area contributed by atoms with Crippen LogP contribution >= 0.6 is 0 Å². The van der Waals surface area contributed by atoms with E-state index in [-0.39, 0.29) is 5.56 Å². The predicted molar refractivity (Wildman–Crippen MR) is 71.4 cm³/mol. The van der Waals surface area contributed by atoms with Crippen molar-refractivity contribution in [1.29, 1.82) is 0 Å². The molecule has 18 heavy (non-hydrogen) atoms. The zero-order chi connectivity index (χ0) is 12.8. The van der Waals surface area contributed by atoms with Crippen molar-refractivity contribution in [3.05, 3.63) is 64.1 Å². The van der Waals surface area contributed by atoms with Gasteiger partial charge in [0.1, 0.15) is 0 Å². The van der Waals surface area contributed by atoms with Crippen molar-refractivity contribution in [2.75, 3.05) is 6.54 Å². The minimum atomic E-state index is -0.0449. The quantitative estimate of drug-likeness (QED) is 0.806. The smallest absolute Gasteiger partial charge is 0.267 e. The van der Waals surface area contributed by atoms with Gasteiger partial charge in [-0.1, -0.05) is 30.3 Å². The highest BCUT2D eigenvalue weighted by Crippen LogP contribution is 1.96. The van der Waals surface area contributed by atoms with Gasteiger partial charge in [-0.25, -0.2) is 4.68 Å². The zero-order valence-electron chi connectivity index (χ0n) is 10.5. The van der Waals surface area contributed by atoms with Crippen LogP contribution in [0.2, 0.25) is 0 Å². The van der Waals surface area contributed by atoms with E-state index >= 15 is 0 Å². The minimum absolute atomic E-state index is 0.0449. The Bertz CT molecular complexity index is 548. The SMILES string of the molecule is Cc1cnn(CCNCc2ccccc2)c(=O)c1. The summed E-state index contributed by atoms with van der Waals surface area (Å²) in [7, 11) is 0. The van der Waals surface area contributed by atoms with Crippen LogP contribution in [-0.4, -0.2) is 16.3 Å². The van der Waals surface area contributed by atoms with Crippen LogP contribution in [0.4, 0.5) is 0 Å². The summed E-state index contributed by atoms with van der Waals surface area (Å²) < 4.78 is 1.48. The zero-order valence-corrected chi connectivity index (χ0v) is 10.5. The summed E-state index contributed by atoms with van der Waals surface area (Å²) in [4.78, 5) is 11.6. The standard InChI is InChI=1S/C14H17N3O/c1-12-9-14(18)17(16-10-12)8-7-15-11-13-5-3-2-4-6-13/h2-6,9-10,15H,7-8,11H2,1H3. The van der Waals surface area contributed by atoms with E-state index in [0.717, 1.165) is 18.7 Å². The number of benzene rings is 1. The molecule has 0 amide bonds. The topological polar surface area (TPSA) is 46.9 Å². The molecule has 0 saturated carbocycles. The molecule has 4 nitrogen and oxygen atoms in total. The van der Waals surface area contributed by atoms with Crippen LogP contribution in [0.5, 0.6) is 0 Å². The summed E-state index contributed by atoms with van der Waals surface area (Å²) in [5.74, 6) is 0. The third-order valence-corrected chi connectivity index (χ3v) is 2.68. The molecule has 2 rings (SSSR count). The van der Waals surface area contributed by atoms with E-state index in [1.54, 1.807) is 12.3 Å². The van der Waals surface area contributed by atoms with E-state index < -0.39 is 0 Å². The Morgan fingerprint density at radius 2 is 2.06 bits per heavy atom. The average molecular weight is 243 g/mol. The molecule has 0 saturated heterocycles. The highest BCUT2D eigenvalue weighted by Gasteiger charge is 1.97. The monoisotopic (exact) mass is 243 g/mol. The second kappa shape index (κ2) is 6.12. The minimum Gasteiger partial charge on any atom is -0.311 e. The Kier molecular flexibility index (Phi) is 4.25. The van der Waals surface area contributed by atoms with Gasteiger partial charge in [-0.3, -0.25) is 4.79 Å². The van der Waals surface area contributed by atoms with Crippen LogP contribution in [0.15, 0.2) is 47.4 Å². The number of nitrogens with zero attached hydrogens (tertiary/aromatic N) is 2. The van der Waals surface area contributed by atoms with Gasteiger partial charge in [-0.2, -0.15) is 5.10 Å². The van der Waals surface area contributed by atoms with Crippen LogP contribution in [0.25, 0.3) is 0 Å². The number of rotatable bonds is 5. The Hall–Kier alpha value is -1.94. The Morgan fingerprint density at radius 3 is 2.78 bits per heavy atom. The van der Waals surface area contributed by atoms with E-state index in [1.807, 2.05) is 25.1 Å². The van der Waals surface area contributed by atoms with E-state index in [1.165, 1.54) is 10.2 Å². The molecule has 0 aliphatic carbocycles. The second-order valence-electron chi connectivity index (χ2n) is 4.26. The van der Waals surface area contributed by atoms with Crippen molar-refractivity contribution < 1.29 is 0 Å². The van der Waals surface area contributed by atoms with E-state index in [2.05, 4.69) is 22.5 Å². The van der Waals surface area contributed by atoms with Crippen molar-refractivity contribution in [3.63, 3.8) is 0 Å². The normalized spacial score (nSPS) is 10.5. The van der Waals surface area contributed by atoms with Crippen LogP contribution in [0.3, 0.4) is 0 Å². The summed E-state index contributed by atoms with van der Waals surface area (Å²) in [5, 5.41) is 7.38. The first-order valence-corrected chi connectivity index (χ1v) is 6.04. The van der Waals surface area contributed by atoms with Gasteiger partial charge < -0.3 is 5.32 Å². The lowest BCUT2D eigenvalue weighted by Crippen LogP contribution is -2.28. The lowest BCUT2D eigenvalue weighted by Gasteiger charge is -2.06. The molecular weight excluding hydrogens is 226 g/mol. The van der Waals surface area contributed by atoms with Crippen LogP contribution in [-0.2, 0) is 13.1 Å². The molecule has 1 heterocycles. The number of aryl methyl sites for hydroxylation is 1. The van der Waals surface area contributed by atoms with Crippen molar-refractivity contribution in [2.45, 2.75) is 20.0 Å². The first-order valence-electron chi connectivity index (χ1n) is 6.04. The lowest BCUT2D eigenvalue weighted by molar-refractivity contribution is 0.530. The summed E-state index contributed by atoms with van der Waals surface area (Å²) in [6.07, 6.45) is 1.71. The van der Waals surface area contributed by atoms with E-state index in [0.29, 0.717) is 6.54 Å². The predicted octanol–water partition coefficient (Wildman–Crippen LogP) is 1.34. The summed E-state index contributed by atoms with van der Waals surface area (Å²) in [5.41, 5.74) is 2.09. The largest absolute Gasteiger partial charge is 0.311 e. The molecular formula is C14H17N3O. The van der Waals surface area contributed by atoms with Gasteiger partial charge >= 0.3 is 0 Å². The van der Waals surface area contributed by atoms with Gasteiger partial charge in [-0.05, 0) is 18.1 Å². The molecule has 0 fully saturated rings. The van der Waals surface area contributed by atoms with Crippen molar-refractivity contribution in [1.82, 2.24) is 15.1 Å². The summed E-state index contributed by atoms with van der Waals surface area (Å²) >= 11 is 0. The molecule has 0 bridgehead atoms. The molecule has 0 aliphatic rings. The Balaban J connectivity index is 1.80. The molecule has 0 atom stereocenters. The van der Waals surface area contributed by atoms with Gasteiger partial charge in [0, 0.05) is 19.2 Å². The highest BCUT2D eigenvalue weighted by atomic mass is 16.1. The molecule has 2 aromatic rings. The van der Waals surface area contributed by atoms with Crippen LogP contribution in [0, 0.1) is 6.92 Å². The summed E-state index contributed by atoms with van der Waals surface area (Å²) in [6.45, 7) is 3.99. The molecule has 1 N–H and O–H groups in total. The fourth-order valence-corrected chi connectivity index (χ4v) is 1.71. The lowest BCUT2D eigenvalue weighted by atomic mass is 10.2. The molecule has 1 aromatic heterocycles. The number of hydrogen-bond acceptors (Lipinski definition) is 3. The molecule has 94 valence electrons. The second-order valence-corrected chi connectivity index (χ2v) is 4.26. The third kappa shape index (κ3) is 3.53. The molecule has 0 spiro atoms. The Labute approximate surface area is 106 Å². The Morgan fingerprint density at radius 1 is 1.28 bits per heavy atom. The third-order valence-electron chi connectivity index (χ3n) is 2.68. The van der Waals surface area contributed by atoms with Gasteiger partial charge in [0.2, 0.25) is 0 Å². The molecule has 1 aromatic carbocycles. The van der Waals surface area contributed by atoms with Gasteiger partial charge in [-0.15, -0.1) is 0 Å². The first-order chi connectivity index (χ1) is 8.75. The molecule has 4 heteroatoms. The van der Waals surface area contributed by atoms with Crippen molar-refractivity contribution >= 4 is 0 Å². The molecule has 0 aliphatic heterocycles. The maximum absolute atomic E-state index is 11.6. The highest BCUT2D eigenvalue weighted by molar-refractivity contribution is 5.14. The van der Waals surface area contributed by atoms with Crippen molar-refractivity contribution in [3.8, 4) is 0 Å². The van der Waals surface area contributed by atoms with Crippen LogP contribution < -0.4 is 10.9 Å². The summed E-state index contributed by atoms with van der Waals surface area (Å²) in [6, 6.07) is 11.8. The number of aromatic nitrogens is 2. The first kappa shape index (κ1) is 12.5. The fourth-order valence-electron chi connectivity index (χ4n) is 1.71. The van der Waals surface area contributed by atoms with Gasteiger partial charge in [0.05, 0.1) is 12.7 Å². The van der Waals surface area contributed by atoms with E-state index in [4.69, 9.17) is 0 Å². The van der Waals surface area contributed by atoms with Crippen LogP contribution in [0.1, 0.15) is 11.1 Å². The fraction of sp³-hybridized carbons (Fsp3) is 0.286. The average Bonchev–Trinajstić information content (AvgIpc) is 2.38. The van der Waals surface area contributed by atoms with E-state index in [9.17, 15) is 4.79 Å². The van der Waals surface area contributed by atoms with Gasteiger partial charge in [0.25, 0.3) is 5.56 Å². The number of nitrogens with one attached hydrogen (secondary N) is 1. The van der Waals surface area contributed by atoms with Gasteiger partial charge in [0.15, 0.2) is 0 Å². The molecule has 0 radical (unpaired) electrons. The van der Waals surface area contributed by atoms with Crippen molar-refractivity contribution in [2.24, 2.45) is 0 Å². The number of hydrogen-bond donors (Lipinski definition) is 1. The molecule has 0 unspecified atom stereocenters.